The van der Waals surface area contributed by atoms with Gasteiger partial charge in [0, 0.05) is 0 Å². The van der Waals surface area contributed by atoms with Crippen molar-refractivity contribution in [1.82, 2.24) is 5.32 Å². The monoisotopic (exact) mass is 255 g/mol. The molecule has 0 aliphatic carbocycles. The van der Waals surface area contributed by atoms with Crippen LogP contribution in [0.5, 0.6) is 0 Å². The van der Waals surface area contributed by atoms with Crippen LogP contribution in [-0.4, -0.2) is 18.3 Å². The number of aryl methyl sites for hydroxylation is 1. The largest absolute Gasteiger partial charge is 0.394 e. The van der Waals surface area contributed by atoms with Crippen LogP contribution in [0.4, 0.5) is 0 Å². The van der Waals surface area contributed by atoms with Crippen molar-refractivity contribution in [2.75, 3.05) is 13.2 Å². The summed E-state index contributed by atoms with van der Waals surface area (Å²) in [6, 6.07) is 20.6. The van der Waals surface area contributed by atoms with E-state index in [1.54, 1.807) is 0 Å². The normalized spacial score (nSPS) is 12.3. The third-order valence-corrected chi connectivity index (χ3v) is 3.26. The van der Waals surface area contributed by atoms with Crippen molar-refractivity contribution in [3.05, 3.63) is 71.8 Å². The fourth-order valence-electron chi connectivity index (χ4n) is 2.19. The minimum Gasteiger partial charge on any atom is -0.394 e. The standard InChI is InChI=1S/C17H21NO/c19-14-17(16-11-5-2-6-12-16)18-13-7-10-15-8-3-1-4-9-15/h1-6,8-9,11-12,17-19H,7,10,13-14H2. The Morgan fingerprint density at radius 1 is 0.895 bits per heavy atom. The van der Waals surface area contributed by atoms with Gasteiger partial charge < -0.3 is 10.4 Å². The third kappa shape index (κ3) is 4.51. The van der Waals surface area contributed by atoms with E-state index < -0.39 is 0 Å². The minimum atomic E-state index is 0.0389. The number of rotatable bonds is 7. The molecule has 0 fully saturated rings. The van der Waals surface area contributed by atoms with Gasteiger partial charge >= 0.3 is 0 Å². The first-order valence-corrected chi connectivity index (χ1v) is 6.83. The Balaban J connectivity index is 1.75. The molecule has 2 rings (SSSR count). The molecule has 0 spiro atoms. The second-order valence-corrected chi connectivity index (χ2v) is 4.69. The van der Waals surface area contributed by atoms with Gasteiger partial charge in [-0.05, 0) is 30.5 Å². The molecule has 19 heavy (non-hydrogen) atoms. The summed E-state index contributed by atoms with van der Waals surface area (Å²) in [4.78, 5) is 0. The van der Waals surface area contributed by atoms with E-state index in [1.807, 2.05) is 36.4 Å². The second-order valence-electron chi connectivity index (χ2n) is 4.69. The molecular formula is C17H21NO. The summed E-state index contributed by atoms with van der Waals surface area (Å²) in [7, 11) is 0. The lowest BCUT2D eigenvalue weighted by molar-refractivity contribution is 0.244. The van der Waals surface area contributed by atoms with E-state index in [0.717, 1.165) is 24.9 Å². The van der Waals surface area contributed by atoms with Crippen molar-refractivity contribution in [3.8, 4) is 0 Å². The molecule has 2 N–H and O–H groups in total. The van der Waals surface area contributed by atoms with E-state index in [0.29, 0.717) is 0 Å². The number of benzene rings is 2. The summed E-state index contributed by atoms with van der Waals surface area (Å²) in [5.41, 5.74) is 2.51. The molecule has 1 unspecified atom stereocenters. The number of nitrogens with one attached hydrogen (secondary N) is 1. The number of aliphatic hydroxyl groups is 1. The SMILES string of the molecule is OCC(NCCCc1ccccc1)c1ccccc1. The molecule has 2 nitrogen and oxygen atoms in total. The summed E-state index contributed by atoms with van der Waals surface area (Å²) in [6.45, 7) is 1.05. The van der Waals surface area contributed by atoms with Gasteiger partial charge in [0.15, 0.2) is 0 Å². The van der Waals surface area contributed by atoms with Crippen molar-refractivity contribution in [2.45, 2.75) is 18.9 Å². The fourth-order valence-corrected chi connectivity index (χ4v) is 2.19. The summed E-state index contributed by atoms with van der Waals surface area (Å²) >= 11 is 0. The Morgan fingerprint density at radius 3 is 2.16 bits per heavy atom. The highest BCUT2D eigenvalue weighted by Gasteiger charge is 2.07. The van der Waals surface area contributed by atoms with E-state index in [2.05, 4.69) is 29.6 Å². The molecule has 2 aromatic rings. The Morgan fingerprint density at radius 2 is 1.53 bits per heavy atom. The molecule has 0 radical (unpaired) electrons. The lowest BCUT2D eigenvalue weighted by Gasteiger charge is -2.16. The van der Waals surface area contributed by atoms with Crippen molar-refractivity contribution in [2.24, 2.45) is 0 Å². The van der Waals surface area contributed by atoms with Gasteiger partial charge in [-0.25, -0.2) is 0 Å². The third-order valence-electron chi connectivity index (χ3n) is 3.26. The minimum absolute atomic E-state index is 0.0389. The second kappa shape index (κ2) is 7.72. The van der Waals surface area contributed by atoms with Crippen molar-refractivity contribution in [3.63, 3.8) is 0 Å². The average molecular weight is 255 g/mol. The lowest BCUT2D eigenvalue weighted by atomic mass is 10.1. The van der Waals surface area contributed by atoms with Crippen molar-refractivity contribution < 1.29 is 5.11 Å². The molecule has 100 valence electrons. The quantitative estimate of drug-likeness (QED) is 0.746. The molecule has 2 heteroatoms. The number of hydrogen-bond acceptors (Lipinski definition) is 2. The van der Waals surface area contributed by atoms with Crippen LogP contribution in [0.3, 0.4) is 0 Å². The molecule has 0 bridgehead atoms. The van der Waals surface area contributed by atoms with Gasteiger partial charge in [0.25, 0.3) is 0 Å². The highest BCUT2D eigenvalue weighted by Crippen LogP contribution is 2.11. The van der Waals surface area contributed by atoms with Crippen LogP contribution in [-0.2, 0) is 6.42 Å². The molecular weight excluding hydrogens is 234 g/mol. The number of hydrogen-bond donors (Lipinski definition) is 2. The molecule has 0 amide bonds. The van der Waals surface area contributed by atoms with Gasteiger partial charge in [0.05, 0.1) is 12.6 Å². The molecule has 1 atom stereocenters. The molecule has 0 aliphatic heterocycles. The fraction of sp³-hybridized carbons (Fsp3) is 0.294. The highest BCUT2D eigenvalue weighted by atomic mass is 16.3. The van der Waals surface area contributed by atoms with Gasteiger partial charge in [0.1, 0.15) is 0 Å². The summed E-state index contributed by atoms with van der Waals surface area (Å²) in [5.74, 6) is 0. The summed E-state index contributed by atoms with van der Waals surface area (Å²) in [5, 5.41) is 12.8. The molecule has 0 aliphatic rings. The van der Waals surface area contributed by atoms with E-state index in [9.17, 15) is 5.11 Å². The Hall–Kier alpha value is -1.64. The van der Waals surface area contributed by atoms with Crippen LogP contribution in [0, 0.1) is 0 Å². The van der Waals surface area contributed by atoms with Gasteiger partial charge in [0.2, 0.25) is 0 Å². The maximum absolute atomic E-state index is 9.43. The maximum atomic E-state index is 9.43. The Bertz CT molecular complexity index is 455. The summed E-state index contributed by atoms with van der Waals surface area (Å²) in [6.07, 6.45) is 2.15. The maximum Gasteiger partial charge on any atom is 0.0626 e. The van der Waals surface area contributed by atoms with Crippen LogP contribution < -0.4 is 5.32 Å². The van der Waals surface area contributed by atoms with Crippen LogP contribution in [0.25, 0.3) is 0 Å². The van der Waals surface area contributed by atoms with Crippen LogP contribution >= 0.6 is 0 Å². The Labute approximate surface area is 115 Å². The number of aliphatic hydroxyl groups excluding tert-OH is 1. The zero-order valence-electron chi connectivity index (χ0n) is 11.1. The van der Waals surface area contributed by atoms with Crippen molar-refractivity contribution in [1.29, 1.82) is 0 Å². The van der Waals surface area contributed by atoms with Crippen LogP contribution in [0.1, 0.15) is 23.6 Å². The van der Waals surface area contributed by atoms with E-state index in [4.69, 9.17) is 0 Å². The zero-order valence-corrected chi connectivity index (χ0v) is 11.1. The predicted molar refractivity (Wildman–Crippen MR) is 79.0 cm³/mol. The zero-order chi connectivity index (χ0) is 13.3. The smallest absolute Gasteiger partial charge is 0.0626 e. The van der Waals surface area contributed by atoms with E-state index in [-0.39, 0.29) is 12.6 Å². The molecule has 0 heterocycles. The highest BCUT2D eigenvalue weighted by molar-refractivity contribution is 5.19. The van der Waals surface area contributed by atoms with Gasteiger partial charge in [-0.2, -0.15) is 0 Å². The van der Waals surface area contributed by atoms with Gasteiger partial charge in [-0.1, -0.05) is 60.7 Å². The topological polar surface area (TPSA) is 32.3 Å². The molecule has 2 aromatic carbocycles. The first-order chi connectivity index (χ1) is 9.40. The summed E-state index contributed by atoms with van der Waals surface area (Å²) < 4.78 is 0. The van der Waals surface area contributed by atoms with Crippen LogP contribution in [0.15, 0.2) is 60.7 Å². The first kappa shape index (κ1) is 13.8. The molecule has 0 saturated heterocycles. The average Bonchev–Trinajstić information content (AvgIpc) is 2.49. The lowest BCUT2D eigenvalue weighted by Crippen LogP contribution is -2.25. The van der Waals surface area contributed by atoms with Gasteiger partial charge in [-0.3, -0.25) is 0 Å². The van der Waals surface area contributed by atoms with E-state index >= 15 is 0 Å². The van der Waals surface area contributed by atoms with Crippen LogP contribution in [0.2, 0.25) is 0 Å². The van der Waals surface area contributed by atoms with Crippen molar-refractivity contribution >= 4 is 0 Å². The molecule has 0 saturated carbocycles. The molecule has 0 aromatic heterocycles. The van der Waals surface area contributed by atoms with Gasteiger partial charge in [-0.15, -0.1) is 0 Å². The Kier molecular flexibility index (Phi) is 5.60. The van der Waals surface area contributed by atoms with E-state index in [1.165, 1.54) is 5.56 Å². The first-order valence-electron chi connectivity index (χ1n) is 6.83. The predicted octanol–water partition coefficient (Wildman–Crippen LogP) is 2.94.